The molecular formula is C16H16BrN3O2. The first-order valence-electron chi connectivity index (χ1n) is 6.73. The van der Waals surface area contributed by atoms with E-state index in [1.54, 1.807) is 10.8 Å². The van der Waals surface area contributed by atoms with Crippen molar-refractivity contribution < 1.29 is 9.53 Å². The van der Waals surface area contributed by atoms with Crippen molar-refractivity contribution in [1.29, 1.82) is 5.26 Å². The first kappa shape index (κ1) is 16.1. The Balaban J connectivity index is 2.84. The van der Waals surface area contributed by atoms with Crippen molar-refractivity contribution >= 4 is 27.6 Å². The summed E-state index contributed by atoms with van der Waals surface area (Å²) >= 11 is 3.48. The maximum atomic E-state index is 12.1. The average Bonchev–Trinajstić information content (AvgIpc) is 2.81. The van der Waals surface area contributed by atoms with Gasteiger partial charge < -0.3 is 15.0 Å². The van der Waals surface area contributed by atoms with Crippen molar-refractivity contribution in [1.82, 2.24) is 4.57 Å². The number of rotatable bonds is 3. The number of methoxy groups -OCH3 is 1. The molecule has 1 aromatic heterocycles. The molecule has 0 spiro atoms. The van der Waals surface area contributed by atoms with E-state index in [1.807, 2.05) is 32.0 Å². The molecule has 0 aliphatic rings. The SMILES string of the molecule is CCc1cc(Br)cc(C)c1-n1cc(C#N)c(N)c1C(=O)OC. The van der Waals surface area contributed by atoms with E-state index in [2.05, 4.69) is 15.9 Å². The van der Waals surface area contributed by atoms with Crippen LogP contribution in [0.4, 0.5) is 5.69 Å². The fourth-order valence-corrected chi connectivity index (χ4v) is 3.13. The summed E-state index contributed by atoms with van der Waals surface area (Å²) in [6.07, 6.45) is 2.35. The van der Waals surface area contributed by atoms with Gasteiger partial charge in [-0.2, -0.15) is 5.26 Å². The number of hydrogen-bond donors (Lipinski definition) is 1. The van der Waals surface area contributed by atoms with E-state index < -0.39 is 5.97 Å². The summed E-state index contributed by atoms with van der Waals surface area (Å²) in [6, 6.07) is 5.96. The van der Waals surface area contributed by atoms with Crippen LogP contribution in [0.5, 0.6) is 0 Å². The number of ether oxygens (including phenoxy) is 1. The van der Waals surface area contributed by atoms with Gasteiger partial charge in [-0.15, -0.1) is 0 Å². The van der Waals surface area contributed by atoms with Crippen LogP contribution in [0.2, 0.25) is 0 Å². The Kier molecular flexibility index (Phi) is 4.57. The third kappa shape index (κ3) is 2.60. The standard InChI is InChI=1S/C16H16BrN3O2/c1-4-10-6-12(17)5-9(2)14(10)20-8-11(7-18)13(19)15(20)16(21)22-3/h5-6,8H,4,19H2,1-3H3. The Morgan fingerprint density at radius 2 is 2.18 bits per heavy atom. The van der Waals surface area contributed by atoms with E-state index in [4.69, 9.17) is 10.5 Å². The Labute approximate surface area is 137 Å². The zero-order chi connectivity index (χ0) is 16.4. The van der Waals surface area contributed by atoms with Gasteiger partial charge in [-0.1, -0.05) is 22.9 Å². The molecule has 1 aromatic carbocycles. The van der Waals surface area contributed by atoms with Crippen LogP contribution in [0.1, 0.15) is 34.1 Å². The second-order valence-electron chi connectivity index (χ2n) is 4.86. The van der Waals surface area contributed by atoms with Gasteiger partial charge in [0, 0.05) is 10.7 Å². The van der Waals surface area contributed by atoms with Crippen LogP contribution in [-0.2, 0) is 11.2 Å². The smallest absolute Gasteiger partial charge is 0.357 e. The number of hydrogen-bond acceptors (Lipinski definition) is 4. The molecule has 22 heavy (non-hydrogen) atoms. The van der Waals surface area contributed by atoms with E-state index in [0.717, 1.165) is 27.7 Å². The number of aryl methyl sites for hydroxylation is 2. The van der Waals surface area contributed by atoms with E-state index in [-0.39, 0.29) is 16.9 Å². The lowest BCUT2D eigenvalue weighted by Gasteiger charge is -2.16. The number of nitrogen functional groups attached to an aromatic ring is 1. The van der Waals surface area contributed by atoms with Gasteiger partial charge in [-0.25, -0.2) is 4.79 Å². The maximum Gasteiger partial charge on any atom is 0.357 e. The van der Waals surface area contributed by atoms with Crippen LogP contribution in [-0.4, -0.2) is 17.6 Å². The summed E-state index contributed by atoms with van der Waals surface area (Å²) in [5.74, 6) is -0.566. The number of anilines is 1. The molecule has 0 fully saturated rings. The highest BCUT2D eigenvalue weighted by Crippen LogP contribution is 2.30. The van der Waals surface area contributed by atoms with Crippen LogP contribution in [0, 0.1) is 18.3 Å². The third-order valence-electron chi connectivity index (χ3n) is 3.51. The zero-order valence-electron chi connectivity index (χ0n) is 12.6. The number of aromatic nitrogens is 1. The first-order valence-corrected chi connectivity index (χ1v) is 7.52. The summed E-state index contributed by atoms with van der Waals surface area (Å²) in [4.78, 5) is 12.1. The van der Waals surface area contributed by atoms with Crippen LogP contribution >= 0.6 is 15.9 Å². The minimum absolute atomic E-state index is 0.138. The molecule has 5 nitrogen and oxygen atoms in total. The van der Waals surface area contributed by atoms with Gasteiger partial charge in [0.15, 0.2) is 5.69 Å². The third-order valence-corrected chi connectivity index (χ3v) is 3.97. The van der Waals surface area contributed by atoms with E-state index in [9.17, 15) is 10.1 Å². The van der Waals surface area contributed by atoms with Crippen molar-refractivity contribution in [2.75, 3.05) is 12.8 Å². The first-order chi connectivity index (χ1) is 10.4. The normalized spacial score (nSPS) is 10.3. The van der Waals surface area contributed by atoms with Crippen molar-refractivity contribution in [3.05, 3.63) is 45.2 Å². The summed E-state index contributed by atoms with van der Waals surface area (Å²) in [5, 5.41) is 9.19. The summed E-state index contributed by atoms with van der Waals surface area (Å²) in [6.45, 7) is 3.98. The highest BCUT2D eigenvalue weighted by Gasteiger charge is 2.23. The molecule has 0 bridgehead atoms. The lowest BCUT2D eigenvalue weighted by Crippen LogP contribution is -2.13. The number of nitrogens with zero attached hydrogens (tertiary/aromatic N) is 2. The fourth-order valence-electron chi connectivity index (χ4n) is 2.51. The summed E-state index contributed by atoms with van der Waals surface area (Å²) < 4.78 is 7.43. The minimum atomic E-state index is -0.566. The highest BCUT2D eigenvalue weighted by atomic mass is 79.9. The van der Waals surface area contributed by atoms with Gasteiger partial charge >= 0.3 is 5.97 Å². The molecule has 0 saturated heterocycles. The predicted octanol–water partition coefficient (Wildman–Crippen LogP) is 3.35. The van der Waals surface area contributed by atoms with Gasteiger partial charge in [0.25, 0.3) is 0 Å². The van der Waals surface area contributed by atoms with E-state index in [0.29, 0.717) is 0 Å². The molecule has 0 aliphatic heterocycles. The topological polar surface area (TPSA) is 81.0 Å². The van der Waals surface area contributed by atoms with Crippen molar-refractivity contribution in [3.63, 3.8) is 0 Å². The van der Waals surface area contributed by atoms with Gasteiger partial charge in [-0.3, -0.25) is 0 Å². The van der Waals surface area contributed by atoms with Crippen LogP contribution in [0.3, 0.4) is 0 Å². The number of nitriles is 1. The van der Waals surface area contributed by atoms with Crippen LogP contribution < -0.4 is 5.73 Å². The summed E-state index contributed by atoms with van der Waals surface area (Å²) in [7, 11) is 1.29. The second kappa shape index (κ2) is 6.24. The molecule has 0 unspecified atom stereocenters. The fraction of sp³-hybridized carbons (Fsp3) is 0.250. The van der Waals surface area contributed by atoms with Gasteiger partial charge in [-0.05, 0) is 36.6 Å². The van der Waals surface area contributed by atoms with E-state index >= 15 is 0 Å². The van der Waals surface area contributed by atoms with Crippen molar-refractivity contribution in [2.45, 2.75) is 20.3 Å². The van der Waals surface area contributed by atoms with Crippen LogP contribution in [0.25, 0.3) is 5.69 Å². The van der Waals surface area contributed by atoms with Gasteiger partial charge in [0.05, 0.1) is 24.0 Å². The minimum Gasteiger partial charge on any atom is -0.464 e. The average molecular weight is 362 g/mol. The number of carbonyl (C=O) groups excluding carboxylic acids is 1. The molecule has 0 radical (unpaired) electrons. The van der Waals surface area contributed by atoms with Crippen molar-refractivity contribution in [2.24, 2.45) is 0 Å². The maximum absolute atomic E-state index is 12.1. The number of benzene rings is 1. The molecular weight excluding hydrogens is 346 g/mol. The molecule has 0 aliphatic carbocycles. The van der Waals surface area contributed by atoms with E-state index in [1.165, 1.54) is 7.11 Å². The lowest BCUT2D eigenvalue weighted by atomic mass is 10.1. The molecule has 2 aromatic rings. The molecule has 6 heteroatoms. The number of esters is 1. The predicted molar refractivity (Wildman–Crippen MR) is 88.1 cm³/mol. The quantitative estimate of drug-likeness (QED) is 0.849. The molecule has 2 rings (SSSR count). The molecule has 2 N–H and O–H groups in total. The Bertz CT molecular complexity index is 788. The Morgan fingerprint density at radius 3 is 2.73 bits per heavy atom. The molecule has 0 amide bonds. The zero-order valence-corrected chi connectivity index (χ0v) is 14.2. The number of halogens is 1. The second-order valence-corrected chi connectivity index (χ2v) is 5.78. The Morgan fingerprint density at radius 1 is 1.50 bits per heavy atom. The largest absolute Gasteiger partial charge is 0.464 e. The molecule has 0 saturated carbocycles. The monoisotopic (exact) mass is 361 g/mol. The number of nitrogens with two attached hydrogens (primary N) is 1. The Hall–Kier alpha value is -2.26. The molecule has 1 heterocycles. The van der Waals surface area contributed by atoms with Crippen LogP contribution in [0.15, 0.2) is 22.8 Å². The number of carbonyl (C=O) groups is 1. The lowest BCUT2D eigenvalue weighted by molar-refractivity contribution is 0.0593. The van der Waals surface area contributed by atoms with Gasteiger partial charge in [0.1, 0.15) is 6.07 Å². The molecule has 114 valence electrons. The summed E-state index contributed by atoms with van der Waals surface area (Å²) in [5.41, 5.74) is 9.37. The molecule has 0 atom stereocenters. The highest BCUT2D eigenvalue weighted by molar-refractivity contribution is 9.10. The van der Waals surface area contributed by atoms with Gasteiger partial charge in [0.2, 0.25) is 0 Å². The van der Waals surface area contributed by atoms with Crippen molar-refractivity contribution in [3.8, 4) is 11.8 Å².